The number of aromatic nitrogens is 2. The molecule has 0 bridgehead atoms. The summed E-state index contributed by atoms with van der Waals surface area (Å²) in [4.78, 5) is 4.44. The molecule has 0 amide bonds. The summed E-state index contributed by atoms with van der Waals surface area (Å²) in [5.74, 6) is 1.95. The second kappa shape index (κ2) is 7.49. The molecular weight excluding hydrogens is 210 g/mol. The highest BCUT2D eigenvalue weighted by Gasteiger charge is 2.07. The van der Waals surface area contributed by atoms with Crippen molar-refractivity contribution in [1.29, 1.82) is 0 Å². The molecule has 1 unspecified atom stereocenters. The first kappa shape index (κ1) is 14.2. The fraction of sp³-hybridized carbons (Fsp3) is 0.786. The molecule has 0 aliphatic carbocycles. The zero-order valence-corrected chi connectivity index (χ0v) is 11.7. The van der Waals surface area contributed by atoms with E-state index in [4.69, 9.17) is 0 Å². The van der Waals surface area contributed by atoms with Crippen LogP contribution in [0.5, 0.6) is 0 Å². The van der Waals surface area contributed by atoms with E-state index >= 15 is 0 Å². The molecule has 1 aromatic heterocycles. The quantitative estimate of drug-likeness (QED) is 0.753. The average Bonchev–Trinajstić information content (AvgIpc) is 2.71. The third kappa shape index (κ3) is 5.35. The SMILES string of the molecule is CCCn1ccnc1CCC(C)CNC(C)C. The van der Waals surface area contributed by atoms with Crippen LogP contribution in [0.25, 0.3) is 0 Å². The third-order valence-corrected chi connectivity index (χ3v) is 3.00. The number of rotatable bonds is 8. The van der Waals surface area contributed by atoms with Gasteiger partial charge >= 0.3 is 0 Å². The lowest BCUT2D eigenvalue weighted by Crippen LogP contribution is -2.28. The van der Waals surface area contributed by atoms with Gasteiger partial charge in [-0.2, -0.15) is 0 Å². The van der Waals surface area contributed by atoms with E-state index in [1.54, 1.807) is 0 Å². The second-order valence-corrected chi connectivity index (χ2v) is 5.24. The van der Waals surface area contributed by atoms with E-state index in [2.05, 4.69) is 48.8 Å². The van der Waals surface area contributed by atoms with Crippen LogP contribution in [0, 0.1) is 5.92 Å². The third-order valence-electron chi connectivity index (χ3n) is 3.00. The lowest BCUT2D eigenvalue weighted by molar-refractivity contribution is 0.446. The van der Waals surface area contributed by atoms with Gasteiger partial charge in [-0.05, 0) is 25.3 Å². The fourth-order valence-corrected chi connectivity index (χ4v) is 1.93. The summed E-state index contributed by atoms with van der Waals surface area (Å²) >= 11 is 0. The van der Waals surface area contributed by atoms with Crippen molar-refractivity contribution in [3.63, 3.8) is 0 Å². The van der Waals surface area contributed by atoms with Crippen molar-refractivity contribution in [3.8, 4) is 0 Å². The maximum atomic E-state index is 4.44. The van der Waals surface area contributed by atoms with E-state index < -0.39 is 0 Å². The number of aryl methyl sites for hydroxylation is 2. The van der Waals surface area contributed by atoms with Gasteiger partial charge in [0.05, 0.1) is 0 Å². The molecule has 0 aliphatic rings. The van der Waals surface area contributed by atoms with E-state index in [1.807, 2.05) is 6.20 Å². The van der Waals surface area contributed by atoms with Crippen LogP contribution in [0.2, 0.25) is 0 Å². The van der Waals surface area contributed by atoms with Gasteiger partial charge < -0.3 is 9.88 Å². The molecular formula is C14H27N3. The summed E-state index contributed by atoms with van der Waals surface area (Å²) in [5.41, 5.74) is 0. The van der Waals surface area contributed by atoms with Gasteiger partial charge in [0.25, 0.3) is 0 Å². The van der Waals surface area contributed by atoms with Crippen molar-refractivity contribution < 1.29 is 0 Å². The lowest BCUT2D eigenvalue weighted by atomic mass is 10.1. The van der Waals surface area contributed by atoms with Crippen LogP contribution in [-0.2, 0) is 13.0 Å². The predicted molar refractivity (Wildman–Crippen MR) is 73.1 cm³/mol. The molecule has 0 saturated heterocycles. The van der Waals surface area contributed by atoms with Crippen LogP contribution in [0.3, 0.4) is 0 Å². The zero-order valence-electron chi connectivity index (χ0n) is 11.7. The van der Waals surface area contributed by atoms with Crippen LogP contribution >= 0.6 is 0 Å². The van der Waals surface area contributed by atoms with Gasteiger partial charge in [-0.15, -0.1) is 0 Å². The van der Waals surface area contributed by atoms with Gasteiger partial charge in [0.15, 0.2) is 0 Å². The number of nitrogens with one attached hydrogen (secondary N) is 1. The van der Waals surface area contributed by atoms with Crippen LogP contribution in [0.4, 0.5) is 0 Å². The highest BCUT2D eigenvalue weighted by molar-refractivity contribution is 4.92. The van der Waals surface area contributed by atoms with Gasteiger partial charge in [-0.1, -0.05) is 27.7 Å². The molecule has 1 aromatic rings. The van der Waals surface area contributed by atoms with Crippen molar-refractivity contribution >= 4 is 0 Å². The summed E-state index contributed by atoms with van der Waals surface area (Å²) in [6.45, 7) is 11.1. The Bertz CT molecular complexity index is 304. The van der Waals surface area contributed by atoms with Crippen LogP contribution in [0.15, 0.2) is 12.4 Å². The second-order valence-electron chi connectivity index (χ2n) is 5.24. The summed E-state index contributed by atoms with van der Waals surface area (Å²) < 4.78 is 2.28. The van der Waals surface area contributed by atoms with Crippen molar-refractivity contribution in [2.24, 2.45) is 5.92 Å². The maximum absolute atomic E-state index is 4.44. The Kier molecular flexibility index (Phi) is 6.27. The predicted octanol–water partition coefficient (Wildman–Crippen LogP) is 2.86. The minimum Gasteiger partial charge on any atom is -0.335 e. The van der Waals surface area contributed by atoms with E-state index in [0.29, 0.717) is 12.0 Å². The van der Waals surface area contributed by atoms with Gasteiger partial charge in [-0.25, -0.2) is 4.98 Å². The molecule has 98 valence electrons. The molecule has 0 aromatic carbocycles. The Morgan fingerprint density at radius 3 is 2.76 bits per heavy atom. The summed E-state index contributed by atoms with van der Waals surface area (Å²) in [6.07, 6.45) is 7.49. The van der Waals surface area contributed by atoms with E-state index in [9.17, 15) is 0 Å². The van der Waals surface area contributed by atoms with Gasteiger partial charge in [0.2, 0.25) is 0 Å². The molecule has 1 heterocycles. The van der Waals surface area contributed by atoms with E-state index in [0.717, 1.165) is 19.5 Å². The smallest absolute Gasteiger partial charge is 0.108 e. The monoisotopic (exact) mass is 237 g/mol. The first-order valence-corrected chi connectivity index (χ1v) is 6.86. The molecule has 3 nitrogen and oxygen atoms in total. The lowest BCUT2D eigenvalue weighted by Gasteiger charge is -2.15. The van der Waals surface area contributed by atoms with E-state index in [1.165, 1.54) is 18.7 Å². The zero-order chi connectivity index (χ0) is 12.7. The fourth-order valence-electron chi connectivity index (χ4n) is 1.93. The highest BCUT2D eigenvalue weighted by Crippen LogP contribution is 2.08. The number of nitrogens with zero attached hydrogens (tertiary/aromatic N) is 2. The molecule has 3 heteroatoms. The molecule has 0 saturated carbocycles. The standard InChI is InChI=1S/C14H27N3/c1-5-9-17-10-8-15-14(17)7-6-13(4)11-16-12(2)3/h8,10,12-13,16H,5-7,9,11H2,1-4H3. The molecule has 1 atom stereocenters. The Labute approximate surface area is 106 Å². The minimum atomic E-state index is 0.583. The topological polar surface area (TPSA) is 29.9 Å². The Hall–Kier alpha value is -0.830. The van der Waals surface area contributed by atoms with Crippen LogP contribution in [-0.4, -0.2) is 22.1 Å². The molecule has 1 N–H and O–H groups in total. The Morgan fingerprint density at radius 2 is 2.12 bits per heavy atom. The van der Waals surface area contributed by atoms with Gasteiger partial charge in [0, 0.05) is 31.4 Å². The molecule has 0 aliphatic heterocycles. The van der Waals surface area contributed by atoms with Crippen molar-refractivity contribution in [1.82, 2.24) is 14.9 Å². The molecule has 17 heavy (non-hydrogen) atoms. The molecule has 0 fully saturated rings. The van der Waals surface area contributed by atoms with Crippen molar-refractivity contribution in [2.45, 2.75) is 59.5 Å². The Morgan fingerprint density at radius 1 is 1.35 bits per heavy atom. The number of imidazole rings is 1. The van der Waals surface area contributed by atoms with Crippen LogP contribution in [0.1, 0.15) is 46.4 Å². The molecule has 1 rings (SSSR count). The summed E-state index contributed by atoms with van der Waals surface area (Å²) in [5, 5.41) is 3.49. The van der Waals surface area contributed by atoms with Gasteiger partial charge in [-0.3, -0.25) is 0 Å². The van der Waals surface area contributed by atoms with E-state index in [-0.39, 0.29) is 0 Å². The average molecular weight is 237 g/mol. The minimum absolute atomic E-state index is 0.583. The van der Waals surface area contributed by atoms with Gasteiger partial charge in [0.1, 0.15) is 5.82 Å². The normalized spacial score (nSPS) is 13.2. The van der Waals surface area contributed by atoms with Crippen LogP contribution < -0.4 is 5.32 Å². The summed E-state index contributed by atoms with van der Waals surface area (Å²) in [6, 6.07) is 0.583. The largest absolute Gasteiger partial charge is 0.335 e. The first-order chi connectivity index (χ1) is 8.13. The maximum Gasteiger partial charge on any atom is 0.108 e. The molecule has 0 spiro atoms. The number of hydrogen-bond acceptors (Lipinski definition) is 2. The number of hydrogen-bond donors (Lipinski definition) is 1. The first-order valence-electron chi connectivity index (χ1n) is 6.86. The van der Waals surface area contributed by atoms with Crippen molar-refractivity contribution in [2.75, 3.05) is 6.54 Å². The van der Waals surface area contributed by atoms with Crippen molar-refractivity contribution in [3.05, 3.63) is 18.2 Å². The summed E-state index contributed by atoms with van der Waals surface area (Å²) in [7, 11) is 0. The molecule has 0 radical (unpaired) electrons. The highest BCUT2D eigenvalue weighted by atomic mass is 15.1. The Balaban J connectivity index is 2.31.